The lowest BCUT2D eigenvalue weighted by Gasteiger charge is -2.39. The minimum atomic E-state index is -1.54. The second-order valence-corrected chi connectivity index (χ2v) is 7.03. The van der Waals surface area contributed by atoms with Gasteiger partial charge in [-0.3, -0.25) is 4.79 Å². The van der Waals surface area contributed by atoms with Crippen LogP contribution in [0, 0.1) is 0 Å². The molecule has 30 heavy (non-hydrogen) atoms. The van der Waals surface area contributed by atoms with Gasteiger partial charge in [0.2, 0.25) is 6.29 Å². The molecule has 10 heteroatoms. The predicted octanol–water partition coefficient (Wildman–Crippen LogP) is 0.283. The van der Waals surface area contributed by atoms with E-state index < -0.39 is 43.2 Å². The monoisotopic (exact) mass is 436 g/mol. The largest absolute Gasteiger partial charge is 0.462 e. The SMILES string of the molecule is O=C(N/N=C/c1ccc(Cl)cc1)c1ccc(O[C@@H]2O[C@H](CO)[C@@H](O)[C@H](O)[C@H]2O)cc1. The van der Waals surface area contributed by atoms with Crippen molar-refractivity contribution in [1.29, 1.82) is 0 Å². The van der Waals surface area contributed by atoms with E-state index in [4.69, 9.17) is 21.1 Å². The number of halogens is 1. The van der Waals surface area contributed by atoms with Gasteiger partial charge in [-0.2, -0.15) is 5.10 Å². The van der Waals surface area contributed by atoms with E-state index >= 15 is 0 Å². The zero-order valence-electron chi connectivity index (χ0n) is 15.6. The van der Waals surface area contributed by atoms with Gasteiger partial charge in [0.15, 0.2) is 0 Å². The first kappa shape index (κ1) is 22.2. The normalized spacial score (nSPS) is 26.5. The molecule has 1 heterocycles. The Hall–Kier alpha value is -2.53. The van der Waals surface area contributed by atoms with Gasteiger partial charge in [0.1, 0.15) is 30.2 Å². The van der Waals surface area contributed by atoms with Crippen LogP contribution in [0.2, 0.25) is 5.02 Å². The summed E-state index contributed by atoms with van der Waals surface area (Å²) in [6.07, 6.45) is -5.42. The quantitative estimate of drug-likeness (QED) is 0.323. The number of carbonyl (C=O) groups is 1. The van der Waals surface area contributed by atoms with Gasteiger partial charge in [0.05, 0.1) is 12.8 Å². The molecular formula is C20H21ClN2O7. The van der Waals surface area contributed by atoms with Crippen LogP contribution in [0.1, 0.15) is 15.9 Å². The maximum absolute atomic E-state index is 12.2. The summed E-state index contributed by atoms with van der Waals surface area (Å²) in [7, 11) is 0. The molecule has 5 atom stereocenters. The summed E-state index contributed by atoms with van der Waals surface area (Å²) in [5.74, 6) is -0.194. The summed E-state index contributed by atoms with van der Waals surface area (Å²) in [5.41, 5.74) is 3.47. The number of benzene rings is 2. The molecule has 1 aliphatic rings. The first-order valence-corrected chi connectivity index (χ1v) is 9.43. The van der Waals surface area contributed by atoms with Crippen LogP contribution in [-0.4, -0.2) is 69.9 Å². The average Bonchev–Trinajstić information content (AvgIpc) is 2.76. The van der Waals surface area contributed by atoms with Crippen LogP contribution in [0.25, 0.3) is 0 Å². The maximum atomic E-state index is 12.2. The summed E-state index contributed by atoms with van der Waals surface area (Å²) < 4.78 is 10.8. The fraction of sp³-hybridized carbons (Fsp3) is 0.300. The number of amides is 1. The molecule has 0 saturated carbocycles. The first-order chi connectivity index (χ1) is 14.4. The standard InChI is InChI=1S/C20H21ClN2O7/c21-13-5-1-11(2-6-13)9-22-23-19(28)12-3-7-14(8-4-12)29-20-18(27)17(26)16(25)15(10-24)30-20/h1-9,15-18,20,24-27H,10H2,(H,23,28)/b22-9+/t15-,16-,17+,18-,20-/m1/s1. The molecule has 3 rings (SSSR count). The highest BCUT2D eigenvalue weighted by atomic mass is 35.5. The van der Waals surface area contributed by atoms with Crippen LogP contribution in [-0.2, 0) is 4.74 Å². The highest BCUT2D eigenvalue weighted by molar-refractivity contribution is 6.30. The number of ether oxygens (including phenoxy) is 2. The summed E-state index contributed by atoms with van der Waals surface area (Å²) in [4.78, 5) is 12.2. The molecule has 0 bridgehead atoms. The molecule has 0 spiro atoms. The topological polar surface area (TPSA) is 141 Å². The van der Waals surface area contributed by atoms with Crippen molar-refractivity contribution in [3.63, 3.8) is 0 Å². The fourth-order valence-electron chi connectivity index (χ4n) is 2.76. The van der Waals surface area contributed by atoms with E-state index in [0.29, 0.717) is 10.6 Å². The lowest BCUT2D eigenvalue weighted by molar-refractivity contribution is -0.277. The fourth-order valence-corrected chi connectivity index (χ4v) is 2.89. The van der Waals surface area contributed by atoms with Crippen molar-refractivity contribution in [3.8, 4) is 5.75 Å². The van der Waals surface area contributed by atoms with Crippen molar-refractivity contribution < 1.29 is 34.7 Å². The molecule has 1 fully saturated rings. The summed E-state index contributed by atoms with van der Waals surface area (Å²) >= 11 is 5.81. The molecular weight excluding hydrogens is 416 g/mol. The highest BCUT2D eigenvalue weighted by Crippen LogP contribution is 2.24. The van der Waals surface area contributed by atoms with E-state index in [2.05, 4.69) is 10.5 Å². The zero-order chi connectivity index (χ0) is 21.7. The van der Waals surface area contributed by atoms with Crippen molar-refractivity contribution in [2.24, 2.45) is 5.10 Å². The second kappa shape index (κ2) is 9.98. The van der Waals surface area contributed by atoms with Crippen molar-refractivity contribution >= 4 is 23.7 Å². The molecule has 2 aromatic carbocycles. The number of hydrazone groups is 1. The van der Waals surface area contributed by atoms with Crippen LogP contribution in [0.3, 0.4) is 0 Å². The number of nitrogens with one attached hydrogen (secondary N) is 1. The smallest absolute Gasteiger partial charge is 0.271 e. The third-order valence-corrected chi connectivity index (χ3v) is 4.72. The number of aliphatic hydroxyl groups is 4. The first-order valence-electron chi connectivity index (χ1n) is 9.05. The van der Waals surface area contributed by atoms with Gasteiger partial charge in [0.25, 0.3) is 5.91 Å². The predicted molar refractivity (Wildman–Crippen MR) is 107 cm³/mol. The Labute approximate surface area is 177 Å². The maximum Gasteiger partial charge on any atom is 0.271 e. The number of hydrogen-bond donors (Lipinski definition) is 5. The molecule has 9 nitrogen and oxygen atoms in total. The zero-order valence-corrected chi connectivity index (χ0v) is 16.4. The summed E-state index contributed by atoms with van der Waals surface area (Å²) in [6, 6.07) is 12.8. The number of hydrogen-bond acceptors (Lipinski definition) is 8. The lowest BCUT2D eigenvalue weighted by Crippen LogP contribution is -2.60. The van der Waals surface area contributed by atoms with Crippen molar-refractivity contribution in [1.82, 2.24) is 5.43 Å². The molecule has 5 N–H and O–H groups in total. The van der Waals surface area contributed by atoms with E-state index in [-0.39, 0.29) is 5.75 Å². The molecule has 0 aromatic heterocycles. The molecule has 1 aliphatic heterocycles. The van der Waals surface area contributed by atoms with Crippen LogP contribution in [0.15, 0.2) is 53.6 Å². The molecule has 0 unspecified atom stereocenters. The Morgan fingerprint density at radius 3 is 2.37 bits per heavy atom. The number of nitrogens with zero attached hydrogens (tertiary/aromatic N) is 1. The Morgan fingerprint density at radius 1 is 1.07 bits per heavy atom. The van der Waals surface area contributed by atoms with Crippen molar-refractivity contribution in [3.05, 3.63) is 64.7 Å². The Morgan fingerprint density at radius 2 is 1.73 bits per heavy atom. The third kappa shape index (κ3) is 5.33. The van der Waals surface area contributed by atoms with Gasteiger partial charge >= 0.3 is 0 Å². The third-order valence-electron chi connectivity index (χ3n) is 4.47. The molecule has 2 aromatic rings. The van der Waals surface area contributed by atoms with E-state index in [1.165, 1.54) is 30.5 Å². The van der Waals surface area contributed by atoms with Crippen LogP contribution >= 0.6 is 11.6 Å². The van der Waals surface area contributed by atoms with E-state index in [9.17, 15) is 25.2 Å². The van der Waals surface area contributed by atoms with Crippen LogP contribution in [0.4, 0.5) is 0 Å². The summed E-state index contributed by atoms with van der Waals surface area (Å²) in [5, 5.41) is 43.3. The van der Waals surface area contributed by atoms with Crippen LogP contribution < -0.4 is 10.2 Å². The number of rotatable bonds is 6. The van der Waals surface area contributed by atoms with Gasteiger partial charge < -0.3 is 29.9 Å². The molecule has 0 radical (unpaired) electrons. The average molecular weight is 437 g/mol. The minimum Gasteiger partial charge on any atom is -0.462 e. The molecule has 1 saturated heterocycles. The van der Waals surface area contributed by atoms with Gasteiger partial charge in [-0.05, 0) is 42.0 Å². The highest BCUT2D eigenvalue weighted by Gasteiger charge is 2.44. The van der Waals surface area contributed by atoms with E-state index in [1.807, 2.05) is 0 Å². The van der Waals surface area contributed by atoms with Gasteiger partial charge in [-0.25, -0.2) is 5.43 Å². The van der Waals surface area contributed by atoms with E-state index in [0.717, 1.165) is 5.56 Å². The number of carbonyl (C=O) groups excluding carboxylic acids is 1. The Balaban J connectivity index is 1.57. The second-order valence-electron chi connectivity index (χ2n) is 6.59. The molecule has 0 aliphatic carbocycles. The molecule has 1 amide bonds. The Kier molecular flexibility index (Phi) is 7.38. The lowest BCUT2D eigenvalue weighted by atomic mass is 9.99. The number of aliphatic hydroxyl groups excluding tert-OH is 4. The van der Waals surface area contributed by atoms with Gasteiger partial charge in [0, 0.05) is 10.6 Å². The van der Waals surface area contributed by atoms with Gasteiger partial charge in [-0.1, -0.05) is 23.7 Å². The molecule has 160 valence electrons. The van der Waals surface area contributed by atoms with Crippen molar-refractivity contribution in [2.45, 2.75) is 30.7 Å². The van der Waals surface area contributed by atoms with Crippen LogP contribution in [0.5, 0.6) is 5.75 Å². The Bertz CT molecular complexity index is 874. The van der Waals surface area contributed by atoms with E-state index in [1.54, 1.807) is 24.3 Å². The van der Waals surface area contributed by atoms with Crippen molar-refractivity contribution in [2.75, 3.05) is 6.61 Å². The summed E-state index contributed by atoms with van der Waals surface area (Å²) in [6.45, 7) is -0.555. The minimum absolute atomic E-state index is 0.251. The van der Waals surface area contributed by atoms with Gasteiger partial charge in [-0.15, -0.1) is 0 Å².